The van der Waals surface area contributed by atoms with Crippen molar-refractivity contribution in [3.8, 4) is 11.5 Å². The molecular formula is C11H17NO2. The zero-order valence-corrected chi connectivity index (χ0v) is 8.57. The number of phenolic OH excluding ortho intramolecular Hbond substituents is 2. The van der Waals surface area contributed by atoms with Gasteiger partial charge in [0.15, 0.2) is 0 Å². The van der Waals surface area contributed by atoms with Gasteiger partial charge in [0, 0.05) is 17.7 Å². The molecular weight excluding hydrogens is 178 g/mol. The van der Waals surface area contributed by atoms with Gasteiger partial charge in [-0.15, -0.1) is 0 Å². The summed E-state index contributed by atoms with van der Waals surface area (Å²) in [6.45, 7) is 4.16. The van der Waals surface area contributed by atoms with Gasteiger partial charge < -0.3 is 15.9 Å². The van der Waals surface area contributed by atoms with E-state index in [1.165, 1.54) is 12.1 Å². The minimum atomic E-state index is -0.171. The third kappa shape index (κ3) is 2.64. The van der Waals surface area contributed by atoms with Crippen LogP contribution in [0.25, 0.3) is 0 Å². The number of hydrogen-bond acceptors (Lipinski definition) is 3. The Kier molecular flexibility index (Phi) is 3.36. The first-order valence-corrected chi connectivity index (χ1v) is 4.78. The van der Waals surface area contributed by atoms with Crippen LogP contribution in [0.4, 0.5) is 0 Å². The Morgan fingerprint density at radius 2 is 1.93 bits per heavy atom. The second kappa shape index (κ2) is 4.33. The van der Waals surface area contributed by atoms with E-state index >= 15 is 0 Å². The average molecular weight is 195 g/mol. The maximum atomic E-state index is 9.53. The number of benzene rings is 1. The summed E-state index contributed by atoms with van der Waals surface area (Å²) < 4.78 is 0. The van der Waals surface area contributed by atoms with E-state index in [1.807, 2.05) is 0 Å². The number of phenols is 2. The number of hydrogen-bond donors (Lipinski definition) is 3. The van der Waals surface area contributed by atoms with Gasteiger partial charge in [-0.2, -0.15) is 0 Å². The lowest BCUT2D eigenvalue weighted by Gasteiger charge is -2.15. The normalized spacial score (nSPS) is 13.1. The second-order valence-electron chi connectivity index (χ2n) is 3.98. The molecule has 0 amide bonds. The summed E-state index contributed by atoms with van der Waals surface area (Å²) in [6.07, 6.45) is 0.818. The molecule has 0 aliphatic rings. The minimum absolute atomic E-state index is 0.0583. The van der Waals surface area contributed by atoms with Crippen molar-refractivity contribution in [3.63, 3.8) is 0 Å². The van der Waals surface area contributed by atoms with Crippen molar-refractivity contribution in [2.45, 2.75) is 26.3 Å². The smallest absolute Gasteiger partial charge is 0.124 e. The molecule has 0 radical (unpaired) electrons. The Balaban J connectivity index is 2.84. The lowest BCUT2D eigenvalue weighted by atomic mass is 9.97. The van der Waals surface area contributed by atoms with E-state index in [4.69, 9.17) is 10.8 Å². The molecule has 4 N–H and O–H groups in total. The molecule has 1 aromatic carbocycles. The van der Waals surface area contributed by atoms with Crippen LogP contribution in [-0.2, 0) is 0 Å². The quantitative estimate of drug-likeness (QED) is 0.692. The van der Waals surface area contributed by atoms with E-state index in [2.05, 4.69) is 13.8 Å². The monoisotopic (exact) mass is 195 g/mol. The molecule has 1 aromatic rings. The van der Waals surface area contributed by atoms with Crippen LogP contribution in [-0.4, -0.2) is 10.2 Å². The highest BCUT2D eigenvalue weighted by molar-refractivity contribution is 5.40. The highest BCUT2D eigenvalue weighted by atomic mass is 16.3. The van der Waals surface area contributed by atoms with Crippen LogP contribution in [0.3, 0.4) is 0 Å². The van der Waals surface area contributed by atoms with Gasteiger partial charge >= 0.3 is 0 Å². The molecule has 0 aliphatic carbocycles. The molecule has 1 rings (SSSR count). The molecule has 0 aliphatic heterocycles. The molecule has 0 unspecified atom stereocenters. The first-order chi connectivity index (χ1) is 6.50. The van der Waals surface area contributed by atoms with Crippen LogP contribution in [0, 0.1) is 5.92 Å². The third-order valence-electron chi connectivity index (χ3n) is 2.14. The van der Waals surface area contributed by atoms with Crippen molar-refractivity contribution in [2.75, 3.05) is 0 Å². The van der Waals surface area contributed by atoms with Gasteiger partial charge in [-0.25, -0.2) is 0 Å². The third-order valence-corrected chi connectivity index (χ3v) is 2.14. The van der Waals surface area contributed by atoms with E-state index < -0.39 is 0 Å². The molecule has 3 heteroatoms. The van der Waals surface area contributed by atoms with Crippen molar-refractivity contribution < 1.29 is 10.2 Å². The summed E-state index contributed by atoms with van der Waals surface area (Å²) in [7, 11) is 0. The zero-order chi connectivity index (χ0) is 10.7. The standard InChI is InChI=1S/C11H17NO2/c1-7(2)5-10(12)9-4-3-8(13)6-11(9)14/h3-4,6-7,10,13-14H,5,12H2,1-2H3/t10-/m0/s1. The Morgan fingerprint density at radius 3 is 2.43 bits per heavy atom. The first kappa shape index (κ1) is 10.9. The van der Waals surface area contributed by atoms with Crippen LogP contribution in [0.1, 0.15) is 31.9 Å². The fourth-order valence-corrected chi connectivity index (χ4v) is 1.48. The molecule has 78 valence electrons. The zero-order valence-electron chi connectivity index (χ0n) is 8.57. The topological polar surface area (TPSA) is 66.5 Å². The summed E-state index contributed by atoms with van der Waals surface area (Å²) in [6, 6.07) is 4.35. The first-order valence-electron chi connectivity index (χ1n) is 4.78. The average Bonchev–Trinajstić information content (AvgIpc) is 2.01. The van der Waals surface area contributed by atoms with Crippen LogP contribution in [0.15, 0.2) is 18.2 Å². The Morgan fingerprint density at radius 1 is 1.29 bits per heavy atom. The summed E-state index contributed by atoms with van der Waals surface area (Å²) >= 11 is 0. The lowest BCUT2D eigenvalue weighted by Crippen LogP contribution is -2.12. The largest absolute Gasteiger partial charge is 0.508 e. The summed E-state index contributed by atoms with van der Waals surface area (Å²) in [5.74, 6) is 0.611. The van der Waals surface area contributed by atoms with Crippen LogP contribution in [0.5, 0.6) is 11.5 Å². The van der Waals surface area contributed by atoms with Gasteiger partial charge in [-0.05, 0) is 18.4 Å². The van der Waals surface area contributed by atoms with Gasteiger partial charge in [-0.1, -0.05) is 19.9 Å². The lowest BCUT2D eigenvalue weighted by molar-refractivity contribution is 0.432. The van der Waals surface area contributed by atoms with Gasteiger partial charge in [-0.3, -0.25) is 0 Å². The molecule has 0 spiro atoms. The van der Waals surface area contributed by atoms with Crippen LogP contribution in [0.2, 0.25) is 0 Å². The molecule has 14 heavy (non-hydrogen) atoms. The molecule has 0 heterocycles. The predicted molar refractivity (Wildman–Crippen MR) is 56.2 cm³/mol. The van der Waals surface area contributed by atoms with Crippen LogP contribution >= 0.6 is 0 Å². The molecule has 0 saturated heterocycles. The molecule has 1 atom stereocenters. The van der Waals surface area contributed by atoms with Crippen LogP contribution < -0.4 is 5.73 Å². The second-order valence-corrected chi connectivity index (χ2v) is 3.98. The van der Waals surface area contributed by atoms with Gasteiger partial charge in [0.1, 0.15) is 11.5 Å². The van der Waals surface area contributed by atoms with Crippen molar-refractivity contribution >= 4 is 0 Å². The Labute approximate surface area is 84.2 Å². The molecule has 3 nitrogen and oxygen atoms in total. The number of aromatic hydroxyl groups is 2. The van der Waals surface area contributed by atoms with E-state index in [0.29, 0.717) is 11.5 Å². The maximum absolute atomic E-state index is 9.53. The van der Waals surface area contributed by atoms with Gasteiger partial charge in [0.2, 0.25) is 0 Å². The minimum Gasteiger partial charge on any atom is -0.508 e. The summed E-state index contributed by atoms with van der Waals surface area (Å²) in [5, 5.41) is 18.6. The van der Waals surface area contributed by atoms with Gasteiger partial charge in [0.05, 0.1) is 0 Å². The molecule has 0 saturated carbocycles. The van der Waals surface area contributed by atoms with Crippen molar-refractivity contribution in [3.05, 3.63) is 23.8 Å². The van der Waals surface area contributed by atoms with Crippen molar-refractivity contribution in [1.82, 2.24) is 0 Å². The molecule has 0 aromatic heterocycles. The van der Waals surface area contributed by atoms with E-state index in [0.717, 1.165) is 6.42 Å². The molecule has 0 fully saturated rings. The number of nitrogens with two attached hydrogens (primary N) is 1. The Bertz CT molecular complexity index is 310. The maximum Gasteiger partial charge on any atom is 0.124 e. The van der Waals surface area contributed by atoms with Crippen molar-refractivity contribution in [2.24, 2.45) is 11.7 Å². The molecule has 0 bridgehead atoms. The highest BCUT2D eigenvalue weighted by Crippen LogP contribution is 2.29. The highest BCUT2D eigenvalue weighted by Gasteiger charge is 2.12. The SMILES string of the molecule is CC(C)C[C@H](N)c1ccc(O)cc1O. The fraction of sp³-hybridized carbons (Fsp3) is 0.455. The van der Waals surface area contributed by atoms with E-state index in [-0.39, 0.29) is 17.5 Å². The summed E-state index contributed by atoms with van der Waals surface area (Å²) in [5.41, 5.74) is 6.60. The summed E-state index contributed by atoms with van der Waals surface area (Å²) in [4.78, 5) is 0. The fourth-order valence-electron chi connectivity index (χ4n) is 1.48. The van der Waals surface area contributed by atoms with E-state index in [1.54, 1.807) is 6.07 Å². The Hall–Kier alpha value is -1.22. The predicted octanol–water partition coefficient (Wildman–Crippen LogP) is 2.14. The number of rotatable bonds is 3. The van der Waals surface area contributed by atoms with Crippen molar-refractivity contribution in [1.29, 1.82) is 0 Å². The van der Waals surface area contributed by atoms with Gasteiger partial charge in [0.25, 0.3) is 0 Å². The van der Waals surface area contributed by atoms with E-state index in [9.17, 15) is 5.11 Å².